The van der Waals surface area contributed by atoms with Crippen LogP contribution in [0.5, 0.6) is 11.5 Å². The summed E-state index contributed by atoms with van der Waals surface area (Å²) in [6, 6.07) is 2.78. The minimum atomic E-state index is -1.38. The summed E-state index contributed by atoms with van der Waals surface area (Å²) in [6.45, 7) is 15.3. The van der Waals surface area contributed by atoms with Crippen molar-refractivity contribution in [3.63, 3.8) is 0 Å². The van der Waals surface area contributed by atoms with E-state index in [9.17, 15) is 24.3 Å². The van der Waals surface area contributed by atoms with E-state index in [-0.39, 0.29) is 29.8 Å². The van der Waals surface area contributed by atoms with Gasteiger partial charge >= 0.3 is 24.2 Å². The summed E-state index contributed by atoms with van der Waals surface area (Å²) in [6.07, 6.45) is -1.23. The van der Waals surface area contributed by atoms with Crippen LogP contribution in [0.1, 0.15) is 93.1 Å². The van der Waals surface area contributed by atoms with Gasteiger partial charge in [0.25, 0.3) is 0 Å². The number of ether oxygens (including phenoxy) is 5. The van der Waals surface area contributed by atoms with Crippen molar-refractivity contribution in [2.45, 2.75) is 111 Å². The molecule has 0 aromatic heterocycles. The van der Waals surface area contributed by atoms with E-state index >= 15 is 0 Å². The minimum absolute atomic E-state index is 0.0657. The van der Waals surface area contributed by atoms with Gasteiger partial charge in [-0.3, -0.25) is 9.59 Å². The Labute approximate surface area is 230 Å². The number of carbonyl (C=O) groups is 4. The van der Waals surface area contributed by atoms with E-state index in [1.807, 2.05) is 6.92 Å². The number of esters is 1. The molecular formula is C28H43NO10. The molecule has 0 saturated heterocycles. The molecule has 11 heteroatoms. The normalized spacial score (nSPS) is 14.8. The molecule has 3 unspecified atom stereocenters. The number of aliphatic carboxylic acids is 1. The summed E-state index contributed by atoms with van der Waals surface area (Å²) in [5.41, 5.74) is 4.66. The van der Waals surface area contributed by atoms with Crippen LogP contribution < -0.4 is 15.2 Å². The second-order valence-electron chi connectivity index (χ2n) is 11.5. The molecule has 0 spiro atoms. The zero-order chi connectivity index (χ0) is 30.1. The van der Waals surface area contributed by atoms with Crippen molar-refractivity contribution in [2.24, 2.45) is 11.7 Å². The van der Waals surface area contributed by atoms with Gasteiger partial charge < -0.3 is 34.5 Å². The van der Waals surface area contributed by atoms with Gasteiger partial charge in [-0.05, 0) is 79.0 Å². The zero-order valence-corrected chi connectivity index (χ0v) is 24.4. The number of benzene rings is 1. The molecule has 220 valence electrons. The van der Waals surface area contributed by atoms with Gasteiger partial charge in [0.15, 0.2) is 11.5 Å². The number of carboxylic acid groups (broad SMARTS) is 1. The van der Waals surface area contributed by atoms with Gasteiger partial charge in [0.05, 0.1) is 12.0 Å². The highest BCUT2D eigenvalue weighted by atomic mass is 16.8. The SMILES string of the molecule is CCCC(C)C(=O)OC(C)CC(c1ccc(OC(=O)OC(C)(C)C)c(OC(=O)OC(C)(C)C)c1)[C@H](N)C(=O)O. The lowest BCUT2D eigenvalue weighted by Crippen LogP contribution is -2.38. The van der Waals surface area contributed by atoms with Crippen LogP contribution in [0.15, 0.2) is 18.2 Å². The van der Waals surface area contributed by atoms with E-state index in [4.69, 9.17) is 29.4 Å². The molecule has 0 aliphatic heterocycles. The number of hydrogen-bond donors (Lipinski definition) is 2. The highest BCUT2D eigenvalue weighted by Crippen LogP contribution is 2.35. The first-order valence-corrected chi connectivity index (χ1v) is 13.0. The van der Waals surface area contributed by atoms with Crippen LogP contribution >= 0.6 is 0 Å². The summed E-state index contributed by atoms with van der Waals surface area (Å²) in [7, 11) is 0. The summed E-state index contributed by atoms with van der Waals surface area (Å²) in [5, 5.41) is 9.67. The van der Waals surface area contributed by atoms with Crippen molar-refractivity contribution in [3.8, 4) is 11.5 Å². The Morgan fingerprint density at radius 1 is 0.897 bits per heavy atom. The van der Waals surface area contributed by atoms with E-state index in [0.717, 1.165) is 6.42 Å². The van der Waals surface area contributed by atoms with Gasteiger partial charge in [0, 0.05) is 5.92 Å². The quantitative estimate of drug-likeness (QED) is 0.200. The van der Waals surface area contributed by atoms with Gasteiger partial charge in [0.1, 0.15) is 17.2 Å². The topological polar surface area (TPSA) is 161 Å². The highest BCUT2D eigenvalue weighted by molar-refractivity contribution is 5.75. The first kappa shape index (κ1) is 33.7. The molecule has 1 rings (SSSR count). The molecule has 4 atom stereocenters. The predicted octanol–water partition coefficient (Wildman–Crippen LogP) is 5.57. The van der Waals surface area contributed by atoms with Gasteiger partial charge in [-0.15, -0.1) is 0 Å². The maximum absolute atomic E-state index is 12.4. The van der Waals surface area contributed by atoms with Crippen LogP contribution in [0.4, 0.5) is 9.59 Å². The first-order valence-electron chi connectivity index (χ1n) is 13.0. The monoisotopic (exact) mass is 553 g/mol. The molecule has 0 amide bonds. The van der Waals surface area contributed by atoms with Crippen molar-refractivity contribution in [1.82, 2.24) is 0 Å². The lowest BCUT2D eigenvalue weighted by molar-refractivity contribution is -0.153. The molecule has 0 fully saturated rings. The molecule has 0 radical (unpaired) electrons. The Bertz CT molecular complexity index is 1010. The van der Waals surface area contributed by atoms with E-state index in [0.29, 0.717) is 12.0 Å². The zero-order valence-electron chi connectivity index (χ0n) is 24.4. The third kappa shape index (κ3) is 12.4. The Morgan fingerprint density at radius 3 is 1.87 bits per heavy atom. The van der Waals surface area contributed by atoms with Crippen molar-refractivity contribution >= 4 is 24.2 Å². The summed E-state index contributed by atoms with van der Waals surface area (Å²) in [5.74, 6) is -3.19. The van der Waals surface area contributed by atoms with Gasteiger partial charge in [-0.1, -0.05) is 26.3 Å². The van der Waals surface area contributed by atoms with Crippen LogP contribution in [0.3, 0.4) is 0 Å². The van der Waals surface area contributed by atoms with Crippen molar-refractivity contribution in [1.29, 1.82) is 0 Å². The first-order chi connectivity index (χ1) is 17.8. The van der Waals surface area contributed by atoms with Crippen molar-refractivity contribution in [2.75, 3.05) is 0 Å². The predicted molar refractivity (Wildman–Crippen MR) is 143 cm³/mol. The molecule has 1 aromatic rings. The second kappa shape index (κ2) is 14.2. The van der Waals surface area contributed by atoms with E-state index in [1.54, 1.807) is 55.4 Å². The molecule has 1 aromatic carbocycles. The fourth-order valence-electron chi connectivity index (χ4n) is 3.57. The molecule has 3 N–H and O–H groups in total. The van der Waals surface area contributed by atoms with Crippen LogP contribution in [0, 0.1) is 5.92 Å². The Balaban J connectivity index is 3.38. The largest absolute Gasteiger partial charge is 0.514 e. The molecule has 0 bridgehead atoms. The minimum Gasteiger partial charge on any atom is -0.480 e. The summed E-state index contributed by atoms with van der Waals surface area (Å²) in [4.78, 5) is 49.0. The average Bonchev–Trinajstić information content (AvgIpc) is 2.75. The maximum atomic E-state index is 12.4. The van der Waals surface area contributed by atoms with Crippen LogP contribution in [-0.4, -0.2) is 52.7 Å². The molecule has 39 heavy (non-hydrogen) atoms. The van der Waals surface area contributed by atoms with Gasteiger partial charge in [-0.25, -0.2) is 9.59 Å². The standard InChI is InChI=1S/C28H43NO10/c1-10-11-16(2)24(32)35-17(3)14-19(22(29)23(30)31)18-12-13-20(36-25(33)38-27(4,5)6)21(15-18)37-26(34)39-28(7,8)9/h12-13,15-17,19,22H,10-11,14,29H2,1-9H3,(H,30,31)/t16?,17?,19?,22-/m0/s1. The fourth-order valence-corrected chi connectivity index (χ4v) is 3.57. The molecule has 0 aliphatic carbocycles. The van der Waals surface area contributed by atoms with Crippen LogP contribution in [-0.2, 0) is 23.8 Å². The molecular weight excluding hydrogens is 510 g/mol. The summed E-state index contributed by atoms with van der Waals surface area (Å²) >= 11 is 0. The number of carbonyl (C=O) groups excluding carboxylic acids is 3. The second-order valence-corrected chi connectivity index (χ2v) is 11.5. The number of carboxylic acids is 1. The molecule has 11 nitrogen and oxygen atoms in total. The Hall–Kier alpha value is -3.34. The van der Waals surface area contributed by atoms with Crippen LogP contribution in [0.2, 0.25) is 0 Å². The highest BCUT2D eigenvalue weighted by Gasteiger charge is 2.31. The molecule has 0 aliphatic rings. The third-order valence-corrected chi connectivity index (χ3v) is 5.31. The van der Waals surface area contributed by atoms with E-state index in [1.165, 1.54) is 18.2 Å². The van der Waals surface area contributed by atoms with E-state index in [2.05, 4.69) is 0 Å². The smallest absolute Gasteiger partial charge is 0.480 e. The molecule has 0 heterocycles. The maximum Gasteiger partial charge on any atom is 0.514 e. The van der Waals surface area contributed by atoms with Crippen LogP contribution in [0.25, 0.3) is 0 Å². The van der Waals surface area contributed by atoms with Crippen molar-refractivity contribution < 1.29 is 48.0 Å². The lowest BCUT2D eigenvalue weighted by Gasteiger charge is -2.26. The van der Waals surface area contributed by atoms with Gasteiger partial charge in [0.2, 0.25) is 0 Å². The lowest BCUT2D eigenvalue weighted by atomic mass is 9.87. The number of hydrogen-bond acceptors (Lipinski definition) is 10. The van der Waals surface area contributed by atoms with E-state index < -0.39 is 47.5 Å². The fraction of sp³-hybridized carbons (Fsp3) is 0.643. The number of rotatable bonds is 11. The Morgan fingerprint density at radius 2 is 1.41 bits per heavy atom. The average molecular weight is 554 g/mol. The summed E-state index contributed by atoms with van der Waals surface area (Å²) < 4.78 is 26.5. The van der Waals surface area contributed by atoms with Crippen molar-refractivity contribution in [3.05, 3.63) is 23.8 Å². The molecule has 0 saturated carbocycles. The van der Waals surface area contributed by atoms with Gasteiger partial charge in [-0.2, -0.15) is 0 Å². The number of nitrogens with two attached hydrogens (primary N) is 1. The Kier molecular flexibility index (Phi) is 12.2. The third-order valence-electron chi connectivity index (χ3n) is 5.31.